The molecule has 0 aliphatic carbocycles. The molecule has 46 heavy (non-hydrogen) atoms. The number of carbonyl (C=O) groups excluding carboxylic acids is 1. The Morgan fingerprint density at radius 3 is 2.57 bits per heavy atom. The van der Waals surface area contributed by atoms with Crippen LogP contribution >= 0.6 is 15.9 Å². The normalized spacial score (nSPS) is 15.3. The van der Waals surface area contributed by atoms with Crippen molar-refractivity contribution in [3.8, 4) is 5.75 Å². The number of amides is 1. The van der Waals surface area contributed by atoms with Crippen molar-refractivity contribution in [1.29, 1.82) is 0 Å². The van der Waals surface area contributed by atoms with Crippen LogP contribution in [-0.2, 0) is 21.4 Å². The third-order valence-corrected chi connectivity index (χ3v) is 10.9. The number of anilines is 3. The summed E-state index contributed by atoms with van der Waals surface area (Å²) in [6.07, 6.45) is 4.51. The monoisotopic (exact) mass is 706 g/mol. The summed E-state index contributed by atoms with van der Waals surface area (Å²) in [4.78, 5) is 22.2. The van der Waals surface area contributed by atoms with Crippen LogP contribution in [0.2, 0.25) is 0 Å². The van der Waals surface area contributed by atoms with Gasteiger partial charge in [0.2, 0.25) is 15.9 Å². The zero-order valence-electron chi connectivity index (χ0n) is 26.6. The fourth-order valence-electron chi connectivity index (χ4n) is 5.89. The standard InChI is InChI=1S/C34H39BrN6O4S/c1-6-39-28-11-10-27(22(3)32(28)36)31(34(4,5)33(42)40-26-17-37-20-38-18-26)23-8-7-21(2)24(15-23)19-41-13-14-45-29-16-25(35)9-12-30(29)46(41,43)44/h7-12,15-18,20,31,39H,6,13-14,19,36H2,1-5H3,(H,40,42). The first kappa shape index (κ1) is 33.4. The van der Waals surface area contributed by atoms with E-state index >= 15 is 0 Å². The number of carbonyl (C=O) groups is 1. The number of hydrogen-bond donors (Lipinski definition) is 3. The Morgan fingerprint density at radius 1 is 1.11 bits per heavy atom. The minimum atomic E-state index is -3.85. The van der Waals surface area contributed by atoms with Gasteiger partial charge in [-0.05, 0) is 72.9 Å². The van der Waals surface area contributed by atoms with E-state index in [9.17, 15) is 13.2 Å². The van der Waals surface area contributed by atoms with Crippen molar-refractivity contribution in [1.82, 2.24) is 14.3 Å². The molecular weight excluding hydrogens is 668 g/mol. The Kier molecular flexibility index (Phi) is 9.71. The van der Waals surface area contributed by atoms with Crippen molar-refractivity contribution in [2.75, 3.05) is 36.1 Å². The molecule has 242 valence electrons. The van der Waals surface area contributed by atoms with Gasteiger partial charge in [-0.15, -0.1) is 0 Å². The second-order valence-corrected chi connectivity index (χ2v) is 14.8. The van der Waals surface area contributed by atoms with Gasteiger partial charge in [0.15, 0.2) is 0 Å². The topological polar surface area (TPSA) is 140 Å². The molecule has 0 spiro atoms. The highest BCUT2D eigenvalue weighted by Gasteiger charge is 2.40. The van der Waals surface area contributed by atoms with E-state index in [1.165, 1.54) is 10.6 Å². The van der Waals surface area contributed by atoms with Gasteiger partial charge in [0, 0.05) is 30.0 Å². The van der Waals surface area contributed by atoms with Crippen molar-refractivity contribution in [3.63, 3.8) is 0 Å². The van der Waals surface area contributed by atoms with Gasteiger partial charge in [-0.2, -0.15) is 4.31 Å². The molecule has 12 heteroatoms. The molecule has 1 aliphatic rings. The Hall–Kier alpha value is -4.00. The highest BCUT2D eigenvalue weighted by atomic mass is 79.9. The molecule has 4 N–H and O–H groups in total. The molecule has 3 aromatic carbocycles. The lowest BCUT2D eigenvalue weighted by Gasteiger charge is -2.36. The van der Waals surface area contributed by atoms with Crippen molar-refractivity contribution in [2.45, 2.75) is 52.0 Å². The molecule has 0 radical (unpaired) electrons. The summed E-state index contributed by atoms with van der Waals surface area (Å²) >= 11 is 3.40. The molecule has 2 heterocycles. The average molecular weight is 708 g/mol. The summed E-state index contributed by atoms with van der Waals surface area (Å²) in [7, 11) is -3.85. The van der Waals surface area contributed by atoms with Crippen molar-refractivity contribution >= 4 is 48.9 Å². The number of rotatable bonds is 9. The fraction of sp³-hybridized carbons (Fsp3) is 0.324. The second kappa shape index (κ2) is 13.4. The number of fused-ring (bicyclic) bond motifs is 1. The fourth-order valence-corrected chi connectivity index (χ4v) is 7.75. The number of aryl methyl sites for hydroxylation is 1. The summed E-state index contributed by atoms with van der Waals surface area (Å²) in [5, 5.41) is 6.29. The van der Waals surface area contributed by atoms with Crippen molar-refractivity contribution in [3.05, 3.63) is 99.5 Å². The number of aromatic nitrogens is 2. The summed E-state index contributed by atoms with van der Waals surface area (Å²) in [6, 6.07) is 14.9. The van der Waals surface area contributed by atoms with E-state index in [2.05, 4.69) is 36.5 Å². The molecule has 5 rings (SSSR count). The number of nitrogens with two attached hydrogens (primary N) is 1. The lowest BCUT2D eigenvalue weighted by atomic mass is 9.69. The highest BCUT2D eigenvalue weighted by Crippen LogP contribution is 2.45. The third-order valence-electron chi connectivity index (χ3n) is 8.54. The Morgan fingerprint density at radius 2 is 1.85 bits per heavy atom. The molecule has 1 aliphatic heterocycles. The van der Waals surface area contributed by atoms with Gasteiger partial charge in [-0.1, -0.05) is 54.0 Å². The number of nitrogens with one attached hydrogen (secondary N) is 2. The first-order chi connectivity index (χ1) is 21.8. The van der Waals surface area contributed by atoms with Crippen molar-refractivity contribution in [2.24, 2.45) is 5.41 Å². The van der Waals surface area contributed by atoms with Crippen LogP contribution < -0.4 is 21.1 Å². The number of nitrogen functional groups attached to an aromatic ring is 1. The van der Waals surface area contributed by atoms with Crippen LogP contribution in [-0.4, -0.2) is 48.3 Å². The van der Waals surface area contributed by atoms with Crippen molar-refractivity contribution < 1.29 is 17.9 Å². The summed E-state index contributed by atoms with van der Waals surface area (Å²) in [5.74, 6) is -0.345. The second-order valence-electron chi connectivity index (χ2n) is 12.0. The molecule has 0 saturated carbocycles. The Labute approximate surface area is 279 Å². The van der Waals surface area contributed by atoms with Gasteiger partial charge in [0.05, 0.1) is 34.9 Å². The number of benzene rings is 3. The zero-order chi connectivity index (χ0) is 33.2. The average Bonchev–Trinajstić information content (AvgIpc) is 3.13. The Bertz CT molecular complexity index is 1870. The number of nitrogens with zero attached hydrogens (tertiary/aromatic N) is 3. The zero-order valence-corrected chi connectivity index (χ0v) is 29.0. The van der Waals surface area contributed by atoms with Gasteiger partial charge in [0.1, 0.15) is 23.6 Å². The quantitative estimate of drug-likeness (QED) is 0.174. The van der Waals surface area contributed by atoms with Crippen LogP contribution in [0, 0.1) is 19.3 Å². The Balaban J connectivity index is 1.59. The minimum absolute atomic E-state index is 0.134. The first-order valence-corrected chi connectivity index (χ1v) is 17.3. The SMILES string of the molecule is CCNc1ccc(C(c2ccc(C)c(CN3CCOc4cc(Br)ccc4S3(=O)=O)c2)C(C)(C)C(=O)Nc2cncnc2)c(C)c1N. The number of hydrogen-bond acceptors (Lipinski definition) is 8. The van der Waals surface area contributed by atoms with E-state index in [0.29, 0.717) is 23.7 Å². The molecule has 4 aromatic rings. The molecule has 0 bridgehead atoms. The number of sulfonamides is 1. The summed E-state index contributed by atoms with van der Waals surface area (Å²) < 4.78 is 35.7. The first-order valence-electron chi connectivity index (χ1n) is 15.1. The van der Waals surface area contributed by atoms with Crippen LogP contribution in [0.15, 0.2) is 76.6 Å². The van der Waals surface area contributed by atoms with Gasteiger partial charge >= 0.3 is 0 Å². The van der Waals surface area contributed by atoms with Crippen LogP contribution in [0.3, 0.4) is 0 Å². The predicted molar refractivity (Wildman–Crippen MR) is 184 cm³/mol. The number of ether oxygens (including phenoxy) is 1. The maximum atomic E-state index is 14.0. The molecule has 0 saturated heterocycles. The lowest BCUT2D eigenvalue weighted by molar-refractivity contribution is -0.124. The van der Waals surface area contributed by atoms with E-state index in [-0.39, 0.29) is 30.5 Å². The van der Waals surface area contributed by atoms with E-state index in [4.69, 9.17) is 10.5 Å². The highest BCUT2D eigenvalue weighted by molar-refractivity contribution is 9.10. The van der Waals surface area contributed by atoms with Gasteiger partial charge < -0.3 is 21.1 Å². The minimum Gasteiger partial charge on any atom is -0.491 e. The van der Waals surface area contributed by atoms with Gasteiger partial charge in [0.25, 0.3) is 0 Å². The third kappa shape index (κ3) is 6.60. The summed E-state index contributed by atoms with van der Waals surface area (Å²) in [6.45, 7) is 11.0. The molecule has 1 atom stereocenters. The van der Waals surface area contributed by atoms with Gasteiger partial charge in [-0.25, -0.2) is 18.4 Å². The molecule has 0 fully saturated rings. The van der Waals surface area contributed by atoms with E-state index in [1.54, 1.807) is 30.6 Å². The molecular formula is C34H39BrN6O4S. The van der Waals surface area contributed by atoms with Gasteiger partial charge in [-0.3, -0.25) is 4.79 Å². The van der Waals surface area contributed by atoms with Crippen LogP contribution in [0.4, 0.5) is 17.1 Å². The lowest BCUT2D eigenvalue weighted by Crippen LogP contribution is -2.37. The van der Waals surface area contributed by atoms with E-state index in [1.807, 2.05) is 65.0 Å². The number of halogens is 1. The molecule has 1 unspecified atom stereocenters. The van der Waals surface area contributed by atoms with Crippen LogP contribution in [0.25, 0.3) is 0 Å². The van der Waals surface area contributed by atoms with Crippen LogP contribution in [0.1, 0.15) is 54.5 Å². The maximum absolute atomic E-state index is 14.0. The largest absolute Gasteiger partial charge is 0.491 e. The molecule has 1 amide bonds. The van der Waals surface area contributed by atoms with Crippen LogP contribution in [0.5, 0.6) is 5.75 Å². The van der Waals surface area contributed by atoms with E-state index in [0.717, 1.165) is 38.0 Å². The molecule has 1 aromatic heterocycles. The summed E-state index contributed by atoms with van der Waals surface area (Å²) in [5.41, 5.74) is 12.0. The maximum Gasteiger partial charge on any atom is 0.247 e. The smallest absolute Gasteiger partial charge is 0.247 e. The molecule has 10 nitrogen and oxygen atoms in total. The van der Waals surface area contributed by atoms with E-state index < -0.39 is 21.4 Å². The predicted octanol–water partition coefficient (Wildman–Crippen LogP) is 6.25.